The third-order valence-electron chi connectivity index (χ3n) is 5.61. The van der Waals surface area contributed by atoms with Gasteiger partial charge >= 0.3 is 0 Å². The summed E-state index contributed by atoms with van der Waals surface area (Å²) in [5.41, 5.74) is 0.567. The summed E-state index contributed by atoms with van der Waals surface area (Å²) < 4.78 is 4.21. The van der Waals surface area contributed by atoms with E-state index < -0.39 is 0 Å². The van der Waals surface area contributed by atoms with Crippen molar-refractivity contribution in [2.24, 2.45) is 0 Å². The van der Waals surface area contributed by atoms with E-state index in [9.17, 15) is 4.79 Å². The van der Waals surface area contributed by atoms with Crippen LogP contribution >= 0.6 is 0 Å². The molecule has 2 fully saturated rings. The van der Waals surface area contributed by atoms with Gasteiger partial charge in [0.1, 0.15) is 11.5 Å². The SMILES string of the molecule is CCc1nccn1C1CCCN(C(=O)c2ccn(C3CCCNC3)n2)C1. The number of carbonyl (C=O) groups is 1. The molecule has 4 heterocycles. The highest BCUT2D eigenvalue weighted by Crippen LogP contribution is 2.24. The van der Waals surface area contributed by atoms with Crippen LogP contribution in [0.3, 0.4) is 0 Å². The summed E-state index contributed by atoms with van der Waals surface area (Å²) in [4.78, 5) is 19.4. The lowest BCUT2D eigenvalue weighted by Crippen LogP contribution is -2.41. The molecule has 2 aromatic rings. The largest absolute Gasteiger partial charge is 0.335 e. The molecule has 140 valence electrons. The highest BCUT2D eigenvalue weighted by molar-refractivity contribution is 5.92. The average Bonchev–Trinajstić information content (AvgIpc) is 3.37. The van der Waals surface area contributed by atoms with Gasteiger partial charge in [0.25, 0.3) is 5.91 Å². The Morgan fingerprint density at radius 1 is 1.27 bits per heavy atom. The molecule has 0 bridgehead atoms. The quantitative estimate of drug-likeness (QED) is 0.910. The molecular weight excluding hydrogens is 328 g/mol. The number of nitrogens with one attached hydrogen (secondary N) is 1. The second-order valence-corrected chi connectivity index (χ2v) is 7.33. The van der Waals surface area contributed by atoms with E-state index in [-0.39, 0.29) is 5.91 Å². The monoisotopic (exact) mass is 356 g/mol. The van der Waals surface area contributed by atoms with Crippen molar-refractivity contribution >= 4 is 5.91 Å². The molecule has 0 aliphatic carbocycles. The third-order valence-corrected chi connectivity index (χ3v) is 5.61. The van der Waals surface area contributed by atoms with Crippen LogP contribution in [0.4, 0.5) is 0 Å². The van der Waals surface area contributed by atoms with Gasteiger partial charge in [-0.05, 0) is 38.3 Å². The van der Waals surface area contributed by atoms with Crippen molar-refractivity contribution in [3.05, 3.63) is 36.2 Å². The van der Waals surface area contributed by atoms with E-state index in [0.29, 0.717) is 17.8 Å². The fourth-order valence-corrected chi connectivity index (χ4v) is 4.19. The summed E-state index contributed by atoms with van der Waals surface area (Å²) in [5.74, 6) is 1.15. The Hall–Kier alpha value is -2.15. The van der Waals surface area contributed by atoms with Crippen LogP contribution in [0.15, 0.2) is 24.7 Å². The number of rotatable bonds is 4. The Balaban J connectivity index is 1.45. The number of carbonyl (C=O) groups excluding carboxylic acids is 1. The van der Waals surface area contributed by atoms with Gasteiger partial charge in [0, 0.05) is 44.6 Å². The van der Waals surface area contributed by atoms with Crippen LogP contribution in [0, 0.1) is 0 Å². The summed E-state index contributed by atoms with van der Waals surface area (Å²) in [6, 6.07) is 2.54. The molecule has 0 aromatic carbocycles. The molecule has 4 rings (SSSR count). The third kappa shape index (κ3) is 3.40. The first-order valence-electron chi connectivity index (χ1n) is 9.83. The van der Waals surface area contributed by atoms with Gasteiger partial charge in [0.2, 0.25) is 0 Å². The average molecular weight is 356 g/mol. The zero-order valence-corrected chi connectivity index (χ0v) is 15.5. The van der Waals surface area contributed by atoms with Gasteiger partial charge in [0.05, 0.1) is 12.1 Å². The molecule has 2 aliphatic heterocycles. The van der Waals surface area contributed by atoms with Crippen LogP contribution < -0.4 is 5.32 Å². The molecule has 26 heavy (non-hydrogen) atoms. The number of piperidine rings is 2. The molecule has 7 nitrogen and oxygen atoms in total. The van der Waals surface area contributed by atoms with Crippen LogP contribution in [0.2, 0.25) is 0 Å². The van der Waals surface area contributed by atoms with Crippen molar-refractivity contribution < 1.29 is 4.79 Å². The molecule has 7 heteroatoms. The van der Waals surface area contributed by atoms with Crippen LogP contribution in [0.1, 0.15) is 61.0 Å². The van der Waals surface area contributed by atoms with Crippen LogP contribution in [-0.2, 0) is 6.42 Å². The molecule has 0 radical (unpaired) electrons. The van der Waals surface area contributed by atoms with E-state index in [0.717, 1.165) is 64.1 Å². The van der Waals surface area contributed by atoms with Gasteiger partial charge in [-0.25, -0.2) is 4.98 Å². The van der Waals surface area contributed by atoms with E-state index in [1.165, 1.54) is 0 Å². The standard InChI is InChI=1S/C19H28N6O/c1-2-18-21-9-12-24(18)16-6-4-10-23(14-16)19(26)17-7-11-25(22-17)15-5-3-8-20-13-15/h7,9,11-12,15-16,20H,2-6,8,10,13-14H2,1H3. The smallest absolute Gasteiger partial charge is 0.274 e. The predicted octanol–water partition coefficient (Wildman–Crippen LogP) is 2.04. The second kappa shape index (κ2) is 7.61. The van der Waals surface area contributed by atoms with E-state index >= 15 is 0 Å². The number of amides is 1. The first-order valence-corrected chi connectivity index (χ1v) is 9.83. The van der Waals surface area contributed by atoms with Crippen molar-refractivity contribution in [1.29, 1.82) is 0 Å². The molecule has 2 unspecified atom stereocenters. The number of aromatic nitrogens is 4. The van der Waals surface area contributed by atoms with E-state index in [4.69, 9.17) is 0 Å². The summed E-state index contributed by atoms with van der Waals surface area (Å²) in [6.45, 7) is 5.68. The van der Waals surface area contributed by atoms with Crippen LogP contribution in [0.5, 0.6) is 0 Å². The summed E-state index contributed by atoms with van der Waals surface area (Å²) in [6.07, 6.45) is 11.2. The van der Waals surface area contributed by atoms with E-state index in [1.807, 2.05) is 34.2 Å². The van der Waals surface area contributed by atoms with Gasteiger partial charge < -0.3 is 14.8 Å². The number of imidazole rings is 1. The molecular formula is C19H28N6O. The Kier molecular flexibility index (Phi) is 5.06. The molecule has 0 spiro atoms. The first kappa shape index (κ1) is 17.3. The molecule has 2 saturated heterocycles. The minimum Gasteiger partial charge on any atom is -0.335 e. The maximum atomic E-state index is 13.0. The lowest BCUT2D eigenvalue weighted by Gasteiger charge is -2.33. The number of hydrogen-bond donors (Lipinski definition) is 1. The van der Waals surface area contributed by atoms with Crippen LogP contribution in [0.25, 0.3) is 0 Å². The topological polar surface area (TPSA) is 68.0 Å². The number of aryl methyl sites for hydroxylation is 1. The normalized spacial score (nSPS) is 24.0. The van der Waals surface area contributed by atoms with Crippen molar-refractivity contribution in [3.8, 4) is 0 Å². The fourth-order valence-electron chi connectivity index (χ4n) is 4.19. The maximum Gasteiger partial charge on any atom is 0.274 e. The molecule has 1 amide bonds. The lowest BCUT2D eigenvalue weighted by atomic mass is 10.0. The molecule has 2 aliphatic rings. The molecule has 0 saturated carbocycles. The van der Waals surface area contributed by atoms with Crippen molar-refractivity contribution in [3.63, 3.8) is 0 Å². The molecule has 2 aromatic heterocycles. The lowest BCUT2D eigenvalue weighted by molar-refractivity contribution is 0.0670. The van der Waals surface area contributed by atoms with Gasteiger partial charge in [0.15, 0.2) is 0 Å². The Bertz CT molecular complexity index is 745. The Morgan fingerprint density at radius 2 is 2.15 bits per heavy atom. The number of likely N-dealkylation sites (tertiary alicyclic amines) is 1. The fraction of sp³-hybridized carbons (Fsp3) is 0.632. The molecule has 1 N–H and O–H groups in total. The Labute approximate surface area is 154 Å². The van der Waals surface area contributed by atoms with Crippen LogP contribution in [-0.4, -0.2) is 56.3 Å². The van der Waals surface area contributed by atoms with Gasteiger partial charge in [-0.2, -0.15) is 5.10 Å². The summed E-state index contributed by atoms with van der Waals surface area (Å²) in [5, 5.41) is 8.00. The minimum atomic E-state index is 0.0513. The van der Waals surface area contributed by atoms with E-state index in [2.05, 4.69) is 26.9 Å². The molecule has 2 atom stereocenters. The van der Waals surface area contributed by atoms with E-state index in [1.54, 1.807) is 0 Å². The maximum absolute atomic E-state index is 13.0. The van der Waals surface area contributed by atoms with Crippen molar-refractivity contribution in [1.82, 2.24) is 29.5 Å². The van der Waals surface area contributed by atoms with Gasteiger partial charge in [-0.1, -0.05) is 6.92 Å². The number of nitrogens with zero attached hydrogens (tertiary/aromatic N) is 5. The highest BCUT2D eigenvalue weighted by Gasteiger charge is 2.28. The number of hydrogen-bond acceptors (Lipinski definition) is 4. The summed E-state index contributed by atoms with van der Waals surface area (Å²) >= 11 is 0. The predicted molar refractivity (Wildman–Crippen MR) is 99.1 cm³/mol. The van der Waals surface area contributed by atoms with Crippen molar-refractivity contribution in [2.45, 2.75) is 51.1 Å². The van der Waals surface area contributed by atoms with Gasteiger partial charge in [-0.3, -0.25) is 9.48 Å². The van der Waals surface area contributed by atoms with Gasteiger partial charge in [-0.15, -0.1) is 0 Å². The highest BCUT2D eigenvalue weighted by atomic mass is 16.2. The van der Waals surface area contributed by atoms with Crippen molar-refractivity contribution in [2.75, 3.05) is 26.2 Å². The second-order valence-electron chi connectivity index (χ2n) is 7.33. The Morgan fingerprint density at radius 3 is 2.96 bits per heavy atom. The zero-order chi connectivity index (χ0) is 17.9. The first-order chi connectivity index (χ1) is 12.8. The summed E-state index contributed by atoms with van der Waals surface area (Å²) in [7, 11) is 0. The minimum absolute atomic E-state index is 0.0513. The zero-order valence-electron chi connectivity index (χ0n) is 15.5.